The lowest BCUT2D eigenvalue weighted by Gasteiger charge is -2.29. The van der Waals surface area contributed by atoms with Crippen molar-refractivity contribution in [1.29, 1.82) is 0 Å². The Bertz CT molecular complexity index is 564. The highest BCUT2D eigenvalue weighted by molar-refractivity contribution is 7.81. The first-order chi connectivity index (χ1) is 22.5. The van der Waals surface area contributed by atoms with Gasteiger partial charge in [0.15, 0.2) is 12.6 Å². The van der Waals surface area contributed by atoms with Crippen molar-refractivity contribution in [2.24, 2.45) is 11.8 Å². The normalized spacial score (nSPS) is 21.6. The Morgan fingerprint density at radius 2 is 0.812 bits per heavy atom. The molecule has 2 saturated heterocycles. The first-order valence-electron chi connectivity index (χ1n) is 16.9. The number of hydrogen-bond donors (Lipinski definition) is 7. The molecule has 0 spiro atoms. The molecule has 2 heterocycles. The van der Waals surface area contributed by atoms with Gasteiger partial charge in [-0.05, 0) is 30.9 Å². The monoisotopic (exact) mass is 740 g/mol. The van der Waals surface area contributed by atoms with Gasteiger partial charge in [-0.15, -0.1) is 0 Å². The molecule has 0 unspecified atom stereocenters. The Labute approximate surface area is 302 Å². The van der Waals surface area contributed by atoms with Crippen molar-refractivity contribution < 1.29 is 63.4 Å². The summed E-state index contributed by atoms with van der Waals surface area (Å²) in [7, 11) is 0. The molecule has 0 aromatic carbocycles. The number of aliphatic hydroxyl groups is 5. The zero-order chi connectivity index (χ0) is 37.5. The molecule has 2 rings (SSSR count). The minimum absolute atomic E-state index is 0.136. The summed E-state index contributed by atoms with van der Waals surface area (Å²) in [6.07, 6.45) is -2.55. The minimum atomic E-state index is -0.686. The summed E-state index contributed by atoms with van der Waals surface area (Å²) in [5.41, 5.74) is 0. The van der Waals surface area contributed by atoms with Gasteiger partial charge in [0.2, 0.25) is 0 Å². The lowest BCUT2D eigenvalue weighted by molar-refractivity contribution is -0.230. The fraction of sp³-hybridized carbons (Fsp3) is 1.00. The largest absolute Gasteiger partial charge is 0.394 e. The molecule has 0 aromatic heterocycles. The van der Waals surface area contributed by atoms with Crippen LogP contribution in [0.4, 0.5) is 0 Å². The van der Waals surface area contributed by atoms with Crippen molar-refractivity contribution in [3.05, 3.63) is 0 Å². The van der Waals surface area contributed by atoms with Crippen molar-refractivity contribution in [1.82, 2.24) is 0 Å². The van der Waals surface area contributed by atoms with E-state index in [4.69, 9.17) is 58.3 Å². The average molecular weight is 741 g/mol. The Morgan fingerprint density at radius 1 is 0.562 bits per heavy atom. The fourth-order valence-electron chi connectivity index (χ4n) is 2.77. The van der Waals surface area contributed by atoms with E-state index >= 15 is 0 Å². The quantitative estimate of drug-likeness (QED) is 0.115. The Hall–Kier alpha value is 0.180. The molecule has 0 amide bonds. The number of aliphatic hydroxyl groups excluding tert-OH is 5. The molecule has 0 radical (unpaired) electrons. The van der Waals surface area contributed by atoms with E-state index < -0.39 is 18.3 Å². The van der Waals surface area contributed by atoms with E-state index in [1.54, 1.807) is 0 Å². The van der Waals surface area contributed by atoms with Crippen LogP contribution in [0.5, 0.6) is 0 Å². The standard InChI is InChI=1S/C13H24O7.C9H20O6S.2C4H10.C3H8S/c1-9-15-5-12(6-16-9)19-3-11(14)4-20-13-7-17-10(2)18-8-13;10-1-7(2-11)14-5-9(16)6-15-8(3-12)4-13;2*1-4(2)3;1-3(2)4/h9-14H,3-8H2,1-2H3;7-13,16H,1-6H2;2*4H,1-3H3;3-4H,1-2H3. The lowest BCUT2D eigenvalue weighted by Crippen LogP contribution is -2.40. The third-order valence-corrected chi connectivity index (χ3v) is 5.28. The Balaban J connectivity index is -0.000000640. The van der Waals surface area contributed by atoms with Crippen LogP contribution in [-0.2, 0) is 37.9 Å². The van der Waals surface area contributed by atoms with Crippen LogP contribution in [-0.4, -0.2) is 158 Å². The maximum Gasteiger partial charge on any atom is 0.155 e. The third kappa shape index (κ3) is 40.6. The van der Waals surface area contributed by atoms with Gasteiger partial charge in [0.1, 0.15) is 30.5 Å². The van der Waals surface area contributed by atoms with Gasteiger partial charge in [0.25, 0.3) is 0 Å². The molecule has 294 valence electrons. The van der Waals surface area contributed by atoms with Gasteiger partial charge in [-0.2, -0.15) is 25.3 Å². The zero-order valence-corrected chi connectivity index (χ0v) is 33.0. The molecular formula is C33H72O13S2. The maximum atomic E-state index is 9.80. The van der Waals surface area contributed by atoms with Crippen LogP contribution in [0.3, 0.4) is 0 Å². The van der Waals surface area contributed by atoms with Crippen LogP contribution in [0.2, 0.25) is 0 Å². The van der Waals surface area contributed by atoms with E-state index in [2.05, 4.69) is 66.8 Å². The SMILES string of the molecule is CC(C)C.CC(C)C.CC(C)S.CC1OCC(OCC(O)COC2COC(C)OC2)CO1.OCC(CO)OCC(S)COC(CO)CO. The molecule has 0 bridgehead atoms. The molecule has 0 saturated carbocycles. The molecular weight excluding hydrogens is 668 g/mol. The summed E-state index contributed by atoms with van der Waals surface area (Å²) in [6.45, 7) is 22.4. The van der Waals surface area contributed by atoms with Gasteiger partial charge in [0, 0.05) is 5.25 Å². The Morgan fingerprint density at radius 3 is 1.04 bits per heavy atom. The van der Waals surface area contributed by atoms with E-state index in [1.165, 1.54) is 0 Å². The average Bonchev–Trinajstić information content (AvgIpc) is 3.01. The molecule has 2 fully saturated rings. The topological polar surface area (TPSA) is 175 Å². The van der Waals surface area contributed by atoms with Gasteiger partial charge in [-0.1, -0.05) is 55.4 Å². The molecule has 13 nitrogen and oxygen atoms in total. The maximum absolute atomic E-state index is 9.80. The molecule has 48 heavy (non-hydrogen) atoms. The van der Waals surface area contributed by atoms with Crippen molar-refractivity contribution in [2.75, 3.05) is 79.3 Å². The van der Waals surface area contributed by atoms with Gasteiger partial charge in [-0.25, -0.2) is 0 Å². The van der Waals surface area contributed by atoms with Crippen LogP contribution in [0, 0.1) is 11.8 Å². The van der Waals surface area contributed by atoms with Crippen LogP contribution in [0.1, 0.15) is 69.2 Å². The van der Waals surface area contributed by atoms with Gasteiger partial charge in [0.05, 0.1) is 79.3 Å². The first-order valence-corrected chi connectivity index (χ1v) is 17.9. The second kappa shape index (κ2) is 35.6. The summed E-state index contributed by atoms with van der Waals surface area (Å²) in [5.74, 6) is 1.67. The van der Waals surface area contributed by atoms with Crippen molar-refractivity contribution in [3.63, 3.8) is 0 Å². The smallest absolute Gasteiger partial charge is 0.155 e. The minimum Gasteiger partial charge on any atom is -0.394 e. The molecule has 0 aliphatic carbocycles. The second-order valence-corrected chi connectivity index (χ2v) is 14.6. The van der Waals surface area contributed by atoms with E-state index in [9.17, 15) is 5.11 Å². The predicted molar refractivity (Wildman–Crippen MR) is 194 cm³/mol. The highest BCUT2D eigenvalue weighted by atomic mass is 32.1. The molecule has 0 aromatic rings. The van der Waals surface area contributed by atoms with E-state index in [0.717, 1.165) is 11.8 Å². The van der Waals surface area contributed by atoms with Gasteiger partial charge >= 0.3 is 0 Å². The number of ether oxygens (including phenoxy) is 8. The van der Waals surface area contributed by atoms with E-state index in [-0.39, 0.29) is 82.9 Å². The molecule has 5 N–H and O–H groups in total. The summed E-state index contributed by atoms with van der Waals surface area (Å²) in [4.78, 5) is 0. The van der Waals surface area contributed by atoms with Crippen LogP contribution in [0.15, 0.2) is 0 Å². The van der Waals surface area contributed by atoms with Crippen molar-refractivity contribution >= 4 is 25.3 Å². The van der Waals surface area contributed by atoms with E-state index in [1.807, 2.05) is 27.7 Å². The molecule has 2 aliphatic rings. The highest BCUT2D eigenvalue weighted by Crippen LogP contribution is 2.10. The van der Waals surface area contributed by atoms with Gasteiger partial charge < -0.3 is 63.4 Å². The summed E-state index contributed by atoms with van der Waals surface area (Å²) in [5, 5.41) is 45.0. The van der Waals surface area contributed by atoms with Crippen LogP contribution in [0.25, 0.3) is 0 Å². The van der Waals surface area contributed by atoms with Crippen LogP contribution >= 0.6 is 25.3 Å². The summed E-state index contributed by atoms with van der Waals surface area (Å²) in [6, 6.07) is 0. The third-order valence-electron chi connectivity index (χ3n) is 4.98. The molecule has 0 atom stereocenters. The fourth-order valence-corrected chi connectivity index (χ4v) is 2.94. The van der Waals surface area contributed by atoms with Gasteiger partial charge in [-0.3, -0.25) is 0 Å². The van der Waals surface area contributed by atoms with Crippen LogP contribution < -0.4 is 0 Å². The summed E-state index contributed by atoms with van der Waals surface area (Å²) < 4.78 is 42.4. The number of thiol groups is 2. The number of hydrogen-bond acceptors (Lipinski definition) is 15. The predicted octanol–water partition coefficient (Wildman–Crippen LogP) is 2.58. The number of rotatable bonds is 16. The van der Waals surface area contributed by atoms with Crippen molar-refractivity contribution in [2.45, 2.75) is 123 Å². The molecule has 15 heteroatoms. The molecule has 2 aliphatic heterocycles. The second-order valence-electron chi connectivity index (χ2n) is 12.9. The first kappa shape index (κ1) is 52.5. The van der Waals surface area contributed by atoms with Crippen molar-refractivity contribution in [3.8, 4) is 0 Å². The highest BCUT2D eigenvalue weighted by Gasteiger charge is 2.23. The lowest BCUT2D eigenvalue weighted by atomic mass is 10.3. The Kier molecular flexibility index (Phi) is 38.9. The van der Waals surface area contributed by atoms with E-state index in [0.29, 0.717) is 31.7 Å². The summed E-state index contributed by atoms with van der Waals surface area (Å²) >= 11 is 8.12. The zero-order valence-electron chi connectivity index (χ0n) is 31.2.